The molecule has 0 fully saturated rings. The van der Waals surface area contributed by atoms with E-state index in [0.29, 0.717) is 4.47 Å². The Balaban J connectivity index is 1.97. The van der Waals surface area contributed by atoms with Crippen molar-refractivity contribution in [3.63, 3.8) is 0 Å². The van der Waals surface area contributed by atoms with Crippen molar-refractivity contribution < 1.29 is 19.4 Å². The van der Waals surface area contributed by atoms with Gasteiger partial charge in [0.2, 0.25) is 0 Å². The normalized spacial score (nSPS) is 9.95. The second kappa shape index (κ2) is 6.85. The first-order valence-corrected chi connectivity index (χ1v) is 6.73. The Labute approximate surface area is 128 Å². The first-order chi connectivity index (χ1) is 10.1. The highest BCUT2D eigenvalue weighted by atomic mass is 79.9. The topological polar surface area (TPSA) is 88.5 Å². The van der Waals surface area contributed by atoms with Crippen LogP contribution in [0.15, 0.2) is 46.9 Å². The molecule has 0 saturated heterocycles. The summed E-state index contributed by atoms with van der Waals surface area (Å²) in [5, 5.41) is 11.3. The van der Waals surface area contributed by atoms with Gasteiger partial charge in [0.05, 0.1) is 4.47 Å². The number of nitrogens with zero attached hydrogens (tertiary/aromatic N) is 1. The van der Waals surface area contributed by atoms with Gasteiger partial charge in [-0.25, -0.2) is 14.6 Å². The number of hydrogen-bond donors (Lipinski definition) is 2. The molecule has 2 aromatic rings. The standard InChI is InChI=1S/C14H11BrN2O4/c15-10-6-7-11(16-12(10)13(18)19)17-14(20)21-8-9-4-2-1-3-5-9/h1-7H,8H2,(H,18,19)(H,16,17,20). The number of rotatable bonds is 4. The summed E-state index contributed by atoms with van der Waals surface area (Å²) in [5.41, 5.74) is 0.665. The van der Waals surface area contributed by atoms with Crippen molar-refractivity contribution >= 4 is 33.8 Å². The van der Waals surface area contributed by atoms with E-state index < -0.39 is 12.1 Å². The Morgan fingerprint density at radius 3 is 2.57 bits per heavy atom. The lowest BCUT2D eigenvalue weighted by molar-refractivity contribution is 0.0689. The number of carboxylic acids is 1. The van der Waals surface area contributed by atoms with E-state index in [4.69, 9.17) is 9.84 Å². The molecule has 21 heavy (non-hydrogen) atoms. The average Bonchev–Trinajstić information content (AvgIpc) is 2.48. The number of pyridine rings is 1. The number of amides is 1. The molecule has 108 valence electrons. The Morgan fingerprint density at radius 1 is 1.19 bits per heavy atom. The number of benzene rings is 1. The quantitative estimate of drug-likeness (QED) is 0.882. The fourth-order valence-electron chi connectivity index (χ4n) is 1.53. The van der Waals surface area contributed by atoms with Gasteiger partial charge in [-0.3, -0.25) is 5.32 Å². The number of carbonyl (C=O) groups is 2. The molecule has 0 saturated carbocycles. The van der Waals surface area contributed by atoms with Crippen LogP contribution in [0.25, 0.3) is 0 Å². The molecular formula is C14H11BrN2O4. The first kappa shape index (κ1) is 15.0. The summed E-state index contributed by atoms with van der Waals surface area (Å²) in [6.45, 7) is 0.120. The molecular weight excluding hydrogens is 340 g/mol. The molecule has 1 amide bonds. The third-order valence-electron chi connectivity index (χ3n) is 2.49. The number of carbonyl (C=O) groups excluding carboxylic acids is 1. The fraction of sp³-hybridized carbons (Fsp3) is 0.0714. The van der Waals surface area contributed by atoms with E-state index in [2.05, 4.69) is 26.2 Å². The van der Waals surface area contributed by atoms with E-state index in [0.717, 1.165) is 5.56 Å². The zero-order valence-corrected chi connectivity index (χ0v) is 12.3. The van der Waals surface area contributed by atoms with E-state index in [1.165, 1.54) is 12.1 Å². The van der Waals surface area contributed by atoms with Gasteiger partial charge >= 0.3 is 12.1 Å². The van der Waals surface area contributed by atoms with Crippen LogP contribution in [0.4, 0.5) is 10.6 Å². The van der Waals surface area contributed by atoms with Crippen molar-refractivity contribution in [2.45, 2.75) is 6.61 Å². The summed E-state index contributed by atoms with van der Waals surface area (Å²) in [4.78, 5) is 26.4. The van der Waals surface area contributed by atoms with Crippen molar-refractivity contribution in [2.75, 3.05) is 5.32 Å². The minimum atomic E-state index is -1.19. The van der Waals surface area contributed by atoms with Crippen molar-refractivity contribution in [3.8, 4) is 0 Å². The molecule has 0 spiro atoms. The van der Waals surface area contributed by atoms with Crippen LogP contribution in [0.2, 0.25) is 0 Å². The molecule has 0 unspecified atom stereocenters. The van der Waals surface area contributed by atoms with Crippen molar-refractivity contribution in [2.24, 2.45) is 0 Å². The lowest BCUT2D eigenvalue weighted by Crippen LogP contribution is -2.15. The van der Waals surface area contributed by atoms with E-state index in [1.54, 1.807) is 0 Å². The minimum absolute atomic E-state index is 0.105. The number of hydrogen-bond acceptors (Lipinski definition) is 4. The largest absolute Gasteiger partial charge is 0.476 e. The number of aromatic carboxylic acids is 1. The number of carboxylic acid groups (broad SMARTS) is 1. The molecule has 0 aliphatic rings. The lowest BCUT2D eigenvalue weighted by atomic mass is 10.2. The van der Waals surface area contributed by atoms with Crippen LogP contribution < -0.4 is 5.32 Å². The summed E-state index contributed by atoms with van der Waals surface area (Å²) < 4.78 is 5.35. The zero-order chi connectivity index (χ0) is 15.2. The highest BCUT2D eigenvalue weighted by molar-refractivity contribution is 9.10. The van der Waals surface area contributed by atoms with Crippen LogP contribution in [0.1, 0.15) is 16.1 Å². The smallest absolute Gasteiger partial charge is 0.413 e. The van der Waals surface area contributed by atoms with Gasteiger partial charge in [0.25, 0.3) is 0 Å². The highest BCUT2D eigenvalue weighted by Gasteiger charge is 2.12. The monoisotopic (exact) mass is 350 g/mol. The zero-order valence-electron chi connectivity index (χ0n) is 10.7. The summed E-state index contributed by atoms with van der Waals surface area (Å²) in [7, 11) is 0. The Kier molecular flexibility index (Phi) is 4.89. The fourth-order valence-corrected chi connectivity index (χ4v) is 1.92. The molecule has 6 nitrogen and oxygen atoms in total. The van der Waals surface area contributed by atoms with Gasteiger partial charge < -0.3 is 9.84 Å². The van der Waals surface area contributed by atoms with E-state index in [-0.39, 0.29) is 18.1 Å². The molecule has 1 heterocycles. The number of aromatic nitrogens is 1. The Hall–Kier alpha value is -2.41. The third kappa shape index (κ3) is 4.28. The maximum Gasteiger partial charge on any atom is 0.413 e. The van der Waals surface area contributed by atoms with Gasteiger partial charge in [0.1, 0.15) is 12.4 Å². The lowest BCUT2D eigenvalue weighted by Gasteiger charge is -2.07. The minimum Gasteiger partial charge on any atom is -0.476 e. The van der Waals surface area contributed by atoms with Gasteiger partial charge in [-0.15, -0.1) is 0 Å². The SMILES string of the molecule is O=C(Nc1ccc(Br)c(C(=O)O)n1)OCc1ccccc1. The number of ether oxygens (including phenoxy) is 1. The number of anilines is 1. The van der Waals surface area contributed by atoms with Crippen molar-refractivity contribution in [3.05, 3.63) is 58.2 Å². The molecule has 2 rings (SSSR count). The second-order valence-electron chi connectivity index (χ2n) is 4.02. The van der Waals surface area contributed by atoms with Crippen LogP contribution in [-0.4, -0.2) is 22.2 Å². The molecule has 0 aliphatic heterocycles. The molecule has 0 aliphatic carbocycles. The van der Waals surface area contributed by atoms with Crippen LogP contribution in [0.5, 0.6) is 0 Å². The predicted molar refractivity (Wildman–Crippen MR) is 79.1 cm³/mol. The molecule has 7 heteroatoms. The maximum atomic E-state index is 11.6. The van der Waals surface area contributed by atoms with Crippen LogP contribution in [0.3, 0.4) is 0 Å². The van der Waals surface area contributed by atoms with Gasteiger partial charge in [0.15, 0.2) is 5.69 Å². The van der Waals surface area contributed by atoms with Gasteiger partial charge in [0, 0.05) is 0 Å². The van der Waals surface area contributed by atoms with Crippen molar-refractivity contribution in [1.29, 1.82) is 0 Å². The van der Waals surface area contributed by atoms with Crippen LogP contribution in [-0.2, 0) is 11.3 Å². The predicted octanol–water partition coefficient (Wildman–Crippen LogP) is 3.29. The maximum absolute atomic E-state index is 11.6. The number of halogens is 1. The summed E-state index contributed by atoms with van der Waals surface area (Å²) in [6.07, 6.45) is -0.704. The van der Waals surface area contributed by atoms with E-state index >= 15 is 0 Å². The first-order valence-electron chi connectivity index (χ1n) is 5.94. The van der Waals surface area contributed by atoms with Crippen LogP contribution in [0, 0.1) is 0 Å². The summed E-state index contributed by atoms with van der Waals surface area (Å²) in [5.74, 6) is -1.09. The highest BCUT2D eigenvalue weighted by Crippen LogP contribution is 2.17. The third-order valence-corrected chi connectivity index (χ3v) is 3.13. The molecule has 1 aromatic heterocycles. The summed E-state index contributed by atoms with van der Waals surface area (Å²) >= 11 is 3.07. The summed E-state index contributed by atoms with van der Waals surface area (Å²) in [6, 6.07) is 12.2. The van der Waals surface area contributed by atoms with E-state index in [1.807, 2.05) is 30.3 Å². The average molecular weight is 351 g/mol. The van der Waals surface area contributed by atoms with E-state index in [9.17, 15) is 9.59 Å². The van der Waals surface area contributed by atoms with Crippen LogP contribution >= 0.6 is 15.9 Å². The number of nitrogens with one attached hydrogen (secondary N) is 1. The molecule has 0 bridgehead atoms. The van der Waals surface area contributed by atoms with Gasteiger partial charge in [-0.1, -0.05) is 30.3 Å². The molecule has 0 radical (unpaired) electrons. The van der Waals surface area contributed by atoms with Crippen molar-refractivity contribution in [1.82, 2.24) is 4.98 Å². The Morgan fingerprint density at radius 2 is 1.90 bits per heavy atom. The molecule has 0 atom stereocenters. The Bertz CT molecular complexity index is 661. The van der Waals surface area contributed by atoms with Gasteiger partial charge in [-0.05, 0) is 33.6 Å². The molecule has 2 N–H and O–H groups in total. The second-order valence-corrected chi connectivity index (χ2v) is 4.87. The van der Waals surface area contributed by atoms with Gasteiger partial charge in [-0.2, -0.15) is 0 Å². The molecule has 1 aromatic carbocycles.